The molecule has 3 rings (SSSR count). The molecule has 0 radical (unpaired) electrons. The van der Waals surface area contributed by atoms with Crippen LogP contribution in [-0.2, 0) is 18.1 Å². The third kappa shape index (κ3) is 2.84. The summed E-state index contributed by atoms with van der Waals surface area (Å²) in [5.74, 6) is 1.06. The molecule has 1 aromatic heterocycles. The number of carbonyl (C=O) groups excluding carboxylic acids is 1. The quantitative estimate of drug-likeness (QED) is 0.656. The van der Waals surface area contributed by atoms with Gasteiger partial charge in [-0.2, -0.15) is 0 Å². The fourth-order valence-corrected chi connectivity index (χ4v) is 2.30. The van der Waals surface area contributed by atoms with Crippen molar-refractivity contribution in [3.8, 4) is 5.75 Å². The van der Waals surface area contributed by atoms with Crippen LogP contribution in [0.3, 0.4) is 0 Å². The molecule has 0 spiro atoms. The van der Waals surface area contributed by atoms with Crippen LogP contribution in [0.25, 0.3) is 11.0 Å². The van der Waals surface area contributed by atoms with Crippen LogP contribution in [0, 0.1) is 0 Å². The van der Waals surface area contributed by atoms with Crippen LogP contribution in [0.2, 0.25) is 0 Å². The zero-order valence-corrected chi connectivity index (χ0v) is 12.2. The Kier molecular flexibility index (Phi) is 4.16. The van der Waals surface area contributed by atoms with Crippen molar-refractivity contribution in [1.29, 1.82) is 0 Å². The number of hydrogen-bond donors (Lipinski definition) is 0. The number of ether oxygens (including phenoxy) is 2. The Morgan fingerprint density at radius 2 is 2.00 bits per heavy atom. The Balaban J connectivity index is 1.83. The molecule has 0 aliphatic heterocycles. The summed E-state index contributed by atoms with van der Waals surface area (Å²) in [6.07, 6.45) is 0.734. The Morgan fingerprint density at radius 3 is 2.73 bits per heavy atom. The largest absolute Gasteiger partial charge is 0.497 e. The van der Waals surface area contributed by atoms with Crippen molar-refractivity contribution < 1.29 is 14.3 Å². The lowest BCUT2D eigenvalue weighted by Gasteiger charge is -2.08. The standard InChI is InChI=1S/C17H16N2O3/c1-21-14-7-8-15-16(9-14)19(17(10-20)18-15)12-22-11-13-5-3-2-4-6-13/h2-10H,11-12H2,1H3. The van der Waals surface area contributed by atoms with E-state index in [-0.39, 0.29) is 6.73 Å². The minimum absolute atomic E-state index is 0.257. The number of aldehydes is 1. The van der Waals surface area contributed by atoms with Crippen LogP contribution >= 0.6 is 0 Å². The predicted octanol–water partition coefficient (Wildman–Crippen LogP) is 3.03. The van der Waals surface area contributed by atoms with Gasteiger partial charge >= 0.3 is 0 Å². The summed E-state index contributed by atoms with van der Waals surface area (Å²) in [6.45, 7) is 0.732. The van der Waals surface area contributed by atoms with Gasteiger partial charge in [-0.25, -0.2) is 4.98 Å². The van der Waals surface area contributed by atoms with E-state index in [1.165, 1.54) is 0 Å². The summed E-state index contributed by atoms with van der Waals surface area (Å²) in [5.41, 5.74) is 2.64. The van der Waals surface area contributed by atoms with Gasteiger partial charge in [0.05, 0.1) is 24.8 Å². The van der Waals surface area contributed by atoms with E-state index in [9.17, 15) is 4.79 Å². The van der Waals surface area contributed by atoms with E-state index >= 15 is 0 Å². The Morgan fingerprint density at radius 1 is 1.18 bits per heavy atom. The third-order valence-electron chi connectivity index (χ3n) is 3.42. The molecule has 0 N–H and O–H groups in total. The van der Waals surface area contributed by atoms with Crippen LogP contribution in [0.4, 0.5) is 0 Å². The lowest BCUT2D eigenvalue weighted by atomic mass is 10.2. The summed E-state index contributed by atoms with van der Waals surface area (Å²) in [4.78, 5) is 15.5. The van der Waals surface area contributed by atoms with E-state index in [4.69, 9.17) is 9.47 Å². The lowest BCUT2D eigenvalue weighted by molar-refractivity contribution is 0.0643. The number of aromatic nitrogens is 2. The molecule has 1 heterocycles. The summed E-state index contributed by atoms with van der Waals surface area (Å²) >= 11 is 0. The van der Waals surface area contributed by atoms with Gasteiger partial charge in [-0.3, -0.25) is 9.36 Å². The van der Waals surface area contributed by atoms with Crippen molar-refractivity contribution >= 4 is 17.3 Å². The average Bonchev–Trinajstić information content (AvgIpc) is 2.93. The van der Waals surface area contributed by atoms with E-state index in [0.717, 1.165) is 22.9 Å². The van der Waals surface area contributed by atoms with Gasteiger partial charge in [-0.05, 0) is 17.7 Å². The average molecular weight is 296 g/mol. The van der Waals surface area contributed by atoms with Crippen LogP contribution in [-0.4, -0.2) is 22.9 Å². The number of hydrogen-bond acceptors (Lipinski definition) is 4. The van der Waals surface area contributed by atoms with Crippen molar-refractivity contribution in [2.24, 2.45) is 0 Å². The maximum absolute atomic E-state index is 11.2. The highest BCUT2D eigenvalue weighted by Gasteiger charge is 2.11. The molecule has 0 aliphatic carbocycles. The molecular formula is C17H16N2O3. The number of carbonyl (C=O) groups is 1. The van der Waals surface area contributed by atoms with Crippen LogP contribution in [0.1, 0.15) is 16.2 Å². The van der Waals surface area contributed by atoms with Gasteiger partial charge < -0.3 is 9.47 Å². The van der Waals surface area contributed by atoms with Crippen molar-refractivity contribution in [2.75, 3.05) is 7.11 Å². The van der Waals surface area contributed by atoms with Gasteiger partial charge in [0, 0.05) is 6.07 Å². The number of nitrogens with zero attached hydrogens (tertiary/aromatic N) is 2. The summed E-state index contributed by atoms with van der Waals surface area (Å²) in [5, 5.41) is 0. The summed E-state index contributed by atoms with van der Waals surface area (Å²) < 4.78 is 12.7. The van der Waals surface area contributed by atoms with E-state index in [1.54, 1.807) is 11.7 Å². The molecule has 0 saturated carbocycles. The van der Waals surface area contributed by atoms with Gasteiger partial charge in [0.15, 0.2) is 12.1 Å². The molecule has 0 atom stereocenters. The first kappa shape index (κ1) is 14.3. The minimum Gasteiger partial charge on any atom is -0.497 e. The molecule has 0 unspecified atom stereocenters. The van der Waals surface area contributed by atoms with Gasteiger partial charge in [-0.15, -0.1) is 0 Å². The third-order valence-corrected chi connectivity index (χ3v) is 3.42. The van der Waals surface area contributed by atoms with Gasteiger partial charge in [0.2, 0.25) is 0 Å². The van der Waals surface area contributed by atoms with Crippen molar-refractivity contribution in [3.05, 3.63) is 59.9 Å². The first-order valence-electron chi connectivity index (χ1n) is 6.93. The van der Waals surface area contributed by atoms with Crippen LogP contribution in [0.15, 0.2) is 48.5 Å². The van der Waals surface area contributed by atoms with E-state index in [0.29, 0.717) is 18.2 Å². The Bertz CT molecular complexity index is 781. The fraction of sp³-hybridized carbons (Fsp3) is 0.176. The van der Waals surface area contributed by atoms with Crippen LogP contribution in [0.5, 0.6) is 5.75 Å². The molecule has 112 valence electrons. The molecular weight excluding hydrogens is 280 g/mol. The van der Waals surface area contributed by atoms with Crippen LogP contribution < -0.4 is 4.74 Å². The molecule has 0 amide bonds. The normalized spacial score (nSPS) is 10.8. The van der Waals surface area contributed by atoms with E-state index < -0.39 is 0 Å². The number of imidazole rings is 1. The predicted molar refractivity (Wildman–Crippen MR) is 82.9 cm³/mol. The number of rotatable bonds is 6. The van der Waals surface area contributed by atoms with Gasteiger partial charge in [0.1, 0.15) is 12.5 Å². The highest BCUT2D eigenvalue weighted by Crippen LogP contribution is 2.21. The first-order chi connectivity index (χ1) is 10.8. The molecule has 2 aromatic carbocycles. The lowest BCUT2D eigenvalue weighted by Crippen LogP contribution is -2.06. The monoisotopic (exact) mass is 296 g/mol. The minimum atomic E-state index is 0.257. The molecule has 3 aromatic rings. The second-order valence-electron chi connectivity index (χ2n) is 4.83. The summed E-state index contributed by atoms with van der Waals surface area (Å²) in [6, 6.07) is 15.4. The van der Waals surface area contributed by atoms with Crippen molar-refractivity contribution in [3.63, 3.8) is 0 Å². The SMILES string of the molecule is COc1ccc2nc(C=O)n(COCc3ccccc3)c2c1. The molecule has 22 heavy (non-hydrogen) atoms. The molecule has 0 fully saturated rings. The molecule has 5 nitrogen and oxygen atoms in total. The second kappa shape index (κ2) is 6.41. The van der Waals surface area contributed by atoms with Gasteiger partial charge in [-0.1, -0.05) is 30.3 Å². The molecule has 5 heteroatoms. The molecule has 0 bridgehead atoms. The molecule has 0 saturated heterocycles. The number of benzene rings is 2. The zero-order valence-electron chi connectivity index (χ0n) is 12.2. The highest BCUT2D eigenvalue weighted by atomic mass is 16.5. The maximum atomic E-state index is 11.2. The first-order valence-corrected chi connectivity index (χ1v) is 6.93. The zero-order chi connectivity index (χ0) is 15.4. The Hall–Kier alpha value is -2.66. The van der Waals surface area contributed by atoms with Crippen molar-refractivity contribution in [1.82, 2.24) is 9.55 Å². The van der Waals surface area contributed by atoms with E-state index in [1.807, 2.05) is 48.5 Å². The van der Waals surface area contributed by atoms with Crippen molar-refractivity contribution in [2.45, 2.75) is 13.3 Å². The maximum Gasteiger partial charge on any atom is 0.185 e. The number of fused-ring (bicyclic) bond motifs is 1. The summed E-state index contributed by atoms with van der Waals surface area (Å²) in [7, 11) is 1.61. The topological polar surface area (TPSA) is 53.3 Å². The smallest absolute Gasteiger partial charge is 0.185 e. The second-order valence-corrected chi connectivity index (χ2v) is 4.83. The Labute approximate surface area is 128 Å². The highest BCUT2D eigenvalue weighted by molar-refractivity contribution is 5.84. The fourth-order valence-electron chi connectivity index (χ4n) is 2.30. The van der Waals surface area contributed by atoms with E-state index in [2.05, 4.69) is 4.98 Å². The van der Waals surface area contributed by atoms with Gasteiger partial charge in [0.25, 0.3) is 0 Å². The molecule has 0 aliphatic rings. The number of methoxy groups -OCH3 is 1.